The summed E-state index contributed by atoms with van der Waals surface area (Å²) in [7, 11) is 1.62. The first-order valence-electron chi connectivity index (χ1n) is 8.16. The van der Waals surface area contributed by atoms with E-state index in [2.05, 4.69) is 19.2 Å². The number of hydrogen-bond donors (Lipinski definition) is 1. The minimum absolute atomic E-state index is 0.0134. The van der Waals surface area contributed by atoms with Crippen LogP contribution in [0.5, 0.6) is 11.5 Å². The molecule has 0 radical (unpaired) electrons. The van der Waals surface area contributed by atoms with E-state index in [9.17, 15) is 4.79 Å². The van der Waals surface area contributed by atoms with Gasteiger partial charge in [-0.2, -0.15) is 0 Å². The molecule has 2 rings (SSSR count). The monoisotopic (exact) mass is 327 g/mol. The molecule has 0 fully saturated rings. The van der Waals surface area contributed by atoms with Crippen molar-refractivity contribution >= 4 is 5.91 Å². The van der Waals surface area contributed by atoms with Gasteiger partial charge in [0.1, 0.15) is 11.5 Å². The van der Waals surface area contributed by atoms with Crippen molar-refractivity contribution in [1.82, 2.24) is 5.32 Å². The highest BCUT2D eigenvalue weighted by atomic mass is 16.5. The van der Waals surface area contributed by atoms with Gasteiger partial charge in [0.2, 0.25) is 0 Å². The lowest BCUT2D eigenvalue weighted by atomic mass is 10.0. The van der Waals surface area contributed by atoms with E-state index in [0.29, 0.717) is 11.7 Å². The molecule has 0 spiro atoms. The molecule has 0 heterocycles. The number of hydrogen-bond acceptors (Lipinski definition) is 3. The van der Waals surface area contributed by atoms with Gasteiger partial charge in [-0.25, -0.2) is 0 Å². The number of carbonyl (C=O) groups excluding carboxylic acids is 1. The molecule has 2 aromatic carbocycles. The molecule has 1 atom stereocenters. The van der Waals surface area contributed by atoms with E-state index >= 15 is 0 Å². The number of nitrogens with one attached hydrogen (secondary N) is 1. The standard InChI is InChI=1S/C20H25NO3/c1-14(2)16-9-11-17(12-10-16)24-13-20(22)21-15(3)18-7-5-6-8-19(18)23-4/h5-12,14-15H,13H2,1-4H3,(H,21,22)/t15-/m1/s1. The Hall–Kier alpha value is -2.49. The third-order valence-corrected chi connectivity index (χ3v) is 3.90. The normalized spacial score (nSPS) is 11.9. The van der Waals surface area contributed by atoms with Crippen LogP contribution in [0.1, 0.15) is 43.9 Å². The van der Waals surface area contributed by atoms with Crippen molar-refractivity contribution < 1.29 is 14.3 Å². The molecule has 4 nitrogen and oxygen atoms in total. The van der Waals surface area contributed by atoms with E-state index in [0.717, 1.165) is 11.3 Å². The summed E-state index contributed by atoms with van der Waals surface area (Å²) < 4.78 is 10.9. The summed E-state index contributed by atoms with van der Waals surface area (Å²) in [4.78, 5) is 12.1. The van der Waals surface area contributed by atoms with Crippen LogP contribution < -0.4 is 14.8 Å². The van der Waals surface area contributed by atoms with Gasteiger partial charge in [-0.3, -0.25) is 4.79 Å². The lowest BCUT2D eigenvalue weighted by Crippen LogP contribution is -2.31. The lowest BCUT2D eigenvalue weighted by molar-refractivity contribution is -0.123. The minimum atomic E-state index is -0.165. The largest absolute Gasteiger partial charge is 0.496 e. The Morgan fingerprint density at radius 2 is 1.71 bits per heavy atom. The molecule has 0 saturated heterocycles. The molecule has 2 aromatic rings. The second-order valence-corrected chi connectivity index (χ2v) is 6.04. The molecule has 4 heteroatoms. The molecule has 0 unspecified atom stereocenters. The van der Waals surface area contributed by atoms with Gasteiger partial charge in [0.15, 0.2) is 6.61 Å². The minimum Gasteiger partial charge on any atom is -0.496 e. The van der Waals surface area contributed by atoms with Crippen molar-refractivity contribution in [2.75, 3.05) is 13.7 Å². The Balaban J connectivity index is 1.88. The van der Waals surface area contributed by atoms with Crippen molar-refractivity contribution in [2.45, 2.75) is 32.7 Å². The summed E-state index contributed by atoms with van der Waals surface area (Å²) in [6.45, 7) is 6.19. The Morgan fingerprint density at radius 3 is 2.33 bits per heavy atom. The molecular formula is C20H25NO3. The first-order chi connectivity index (χ1) is 11.5. The summed E-state index contributed by atoms with van der Waals surface area (Å²) in [6, 6.07) is 15.3. The number of ether oxygens (including phenoxy) is 2. The Labute approximate surface area is 143 Å². The predicted molar refractivity (Wildman–Crippen MR) is 95.6 cm³/mol. The highest BCUT2D eigenvalue weighted by Gasteiger charge is 2.14. The molecule has 0 saturated carbocycles. The molecule has 0 aliphatic rings. The van der Waals surface area contributed by atoms with Crippen molar-refractivity contribution in [3.63, 3.8) is 0 Å². The van der Waals surface area contributed by atoms with Crippen LogP contribution in [0.15, 0.2) is 48.5 Å². The van der Waals surface area contributed by atoms with Gasteiger partial charge < -0.3 is 14.8 Å². The van der Waals surface area contributed by atoms with Crippen LogP contribution >= 0.6 is 0 Å². The van der Waals surface area contributed by atoms with Crippen LogP contribution in [0.3, 0.4) is 0 Å². The van der Waals surface area contributed by atoms with Crippen LogP contribution in [0.4, 0.5) is 0 Å². The third kappa shape index (κ3) is 4.75. The topological polar surface area (TPSA) is 47.6 Å². The zero-order chi connectivity index (χ0) is 17.5. The summed E-state index contributed by atoms with van der Waals surface area (Å²) in [5.74, 6) is 1.76. The second-order valence-electron chi connectivity index (χ2n) is 6.04. The fourth-order valence-electron chi connectivity index (χ4n) is 2.48. The Kier molecular flexibility index (Phi) is 6.24. The summed E-state index contributed by atoms with van der Waals surface area (Å²) in [5.41, 5.74) is 2.19. The average Bonchev–Trinajstić information content (AvgIpc) is 2.60. The van der Waals surface area contributed by atoms with Gasteiger partial charge >= 0.3 is 0 Å². The maximum Gasteiger partial charge on any atom is 0.258 e. The molecule has 0 aliphatic heterocycles. The van der Waals surface area contributed by atoms with Gasteiger partial charge in [-0.05, 0) is 36.6 Å². The van der Waals surface area contributed by atoms with Crippen molar-refractivity contribution in [1.29, 1.82) is 0 Å². The van der Waals surface area contributed by atoms with E-state index in [1.165, 1.54) is 5.56 Å². The van der Waals surface area contributed by atoms with Crippen molar-refractivity contribution in [3.05, 3.63) is 59.7 Å². The number of methoxy groups -OCH3 is 1. The average molecular weight is 327 g/mol. The van der Waals surface area contributed by atoms with E-state index in [1.54, 1.807) is 7.11 Å². The second kappa shape index (κ2) is 8.39. The third-order valence-electron chi connectivity index (χ3n) is 3.90. The number of carbonyl (C=O) groups is 1. The predicted octanol–water partition coefficient (Wildman–Crippen LogP) is 4.07. The van der Waals surface area contributed by atoms with Gasteiger partial charge in [-0.1, -0.05) is 44.2 Å². The number of benzene rings is 2. The fourth-order valence-corrected chi connectivity index (χ4v) is 2.48. The Morgan fingerprint density at radius 1 is 1.04 bits per heavy atom. The van der Waals surface area contributed by atoms with Gasteiger partial charge in [0, 0.05) is 5.56 Å². The number of amides is 1. The van der Waals surface area contributed by atoms with Gasteiger partial charge in [0.05, 0.1) is 13.2 Å². The number of rotatable bonds is 7. The maximum absolute atomic E-state index is 12.1. The first-order valence-corrected chi connectivity index (χ1v) is 8.16. The Bertz CT molecular complexity index is 665. The molecule has 0 bridgehead atoms. The molecule has 1 N–H and O–H groups in total. The maximum atomic E-state index is 12.1. The lowest BCUT2D eigenvalue weighted by Gasteiger charge is -2.17. The summed E-state index contributed by atoms with van der Waals surface area (Å²) in [5, 5.41) is 2.93. The van der Waals surface area contributed by atoms with Gasteiger partial charge in [-0.15, -0.1) is 0 Å². The fraction of sp³-hybridized carbons (Fsp3) is 0.350. The quantitative estimate of drug-likeness (QED) is 0.834. The molecular weight excluding hydrogens is 302 g/mol. The first kappa shape index (κ1) is 17.9. The van der Waals surface area contributed by atoms with Crippen molar-refractivity contribution in [2.24, 2.45) is 0 Å². The van der Waals surface area contributed by atoms with Crippen molar-refractivity contribution in [3.8, 4) is 11.5 Å². The molecule has 128 valence electrons. The smallest absolute Gasteiger partial charge is 0.258 e. The highest BCUT2D eigenvalue weighted by molar-refractivity contribution is 5.78. The molecule has 24 heavy (non-hydrogen) atoms. The zero-order valence-corrected chi connectivity index (χ0v) is 14.7. The number of para-hydroxylation sites is 1. The van der Waals surface area contributed by atoms with Crippen LogP contribution in [-0.4, -0.2) is 19.6 Å². The van der Waals surface area contributed by atoms with Crippen LogP contribution in [0.2, 0.25) is 0 Å². The van der Waals surface area contributed by atoms with E-state index in [-0.39, 0.29) is 18.6 Å². The van der Waals surface area contributed by atoms with Gasteiger partial charge in [0.25, 0.3) is 5.91 Å². The van der Waals surface area contributed by atoms with Crippen LogP contribution in [0.25, 0.3) is 0 Å². The van der Waals surface area contributed by atoms with E-state index in [4.69, 9.17) is 9.47 Å². The van der Waals surface area contributed by atoms with Crippen LogP contribution in [0, 0.1) is 0 Å². The zero-order valence-electron chi connectivity index (χ0n) is 14.7. The SMILES string of the molecule is COc1ccccc1[C@@H](C)NC(=O)COc1ccc(C(C)C)cc1. The molecule has 1 amide bonds. The van der Waals surface area contributed by atoms with E-state index < -0.39 is 0 Å². The highest BCUT2D eigenvalue weighted by Crippen LogP contribution is 2.24. The van der Waals surface area contributed by atoms with E-state index in [1.807, 2.05) is 55.5 Å². The summed E-state index contributed by atoms with van der Waals surface area (Å²) >= 11 is 0. The summed E-state index contributed by atoms with van der Waals surface area (Å²) in [6.07, 6.45) is 0. The molecule has 0 aromatic heterocycles. The van der Waals surface area contributed by atoms with Crippen LogP contribution in [-0.2, 0) is 4.79 Å². The molecule has 0 aliphatic carbocycles.